The van der Waals surface area contributed by atoms with Crippen LogP contribution in [0.25, 0.3) is 21.5 Å². The van der Waals surface area contributed by atoms with Crippen LogP contribution in [0.4, 0.5) is 0 Å². The number of para-hydroxylation sites is 1. The molecule has 0 aromatic heterocycles. The summed E-state index contributed by atoms with van der Waals surface area (Å²) in [4.78, 5) is 49.0. The molecule has 0 spiro atoms. The molecule has 332 valence electrons. The third-order valence-corrected chi connectivity index (χ3v) is 10.2. The Morgan fingerprint density at radius 2 is 0.955 bits per heavy atom. The van der Waals surface area contributed by atoms with Crippen LogP contribution in [-0.2, 0) is 27.2 Å². The molecule has 0 aliphatic heterocycles. The molecule has 2 atom stereocenters. The zero-order chi connectivity index (χ0) is 46.8. The number of nitrogens with one attached hydrogen (secondary N) is 2. The van der Waals surface area contributed by atoms with Crippen molar-refractivity contribution in [2.45, 2.75) is 24.9 Å². The SMILES string of the molecule is COC(=O)C(Cc1ccccc1)NC(=O)c1ccc2cc(O)ccc2c1.O=C(NC(Cc1ccccc1)C(=O)O)c1ccc2cc(Oc3ccccc3)ccc2c1.OB(O)c1ccccc1. The Balaban J connectivity index is 0.000000186. The van der Waals surface area contributed by atoms with Gasteiger partial charge in [0.25, 0.3) is 11.8 Å². The Kier molecular flexibility index (Phi) is 16.8. The van der Waals surface area contributed by atoms with E-state index in [1.165, 1.54) is 7.11 Å². The lowest BCUT2D eigenvalue weighted by Gasteiger charge is -2.17. The van der Waals surface area contributed by atoms with Crippen molar-refractivity contribution >= 4 is 57.9 Å². The number of hydrogen-bond donors (Lipinski definition) is 6. The highest BCUT2D eigenvalue weighted by molar-refractivity contribution is 6.58. The number of aliphatic carboxylic acids is 1. The van der Waals surface area contributed by atoms with E-state index in [9.17, 15) is 29.4 Å². The summed E-state index contributed by atoms with van der Waals surface area (Å²) in [5.41, 5.74) is 3.14. The molecule has 12 nitrogen and oxygen atoms in total. The Morgan fingerprint density at radius 3 is 1.45 bits per heavy atom. The van der Waals surface area contributed by atoms with E-state index in [-0.39, 0.29) is 18.1 Å². The number of esters is 1. The minimum atomic E-state index is -1.34. The number of methoxy groups -OCH3 is 1. The molecule has 8 aromatic rings. The maximum absolute atomic E-state index is 12.7. The molecule has 0 heterocycles. The first-order chi connectivity index (χ1) is 31.9. The van der Waals surface area contributed by atoms with E-state index in [1.807, 2.05) is 121 Å². The number of ether oxygens (including phenoxy) is 2. The molecule has 66 heavy (non-hydrogen) atoms. The van der Waals surface area contributed by atoms with Crippen molar-refractivity contribution in [3.63, 3.8) is 0 Å². The summed E-state index contributed by atoms with van der Waals surface area (Å²) in [6.07, 6.45) is 0.566. The molecule has 6 N–H and O–H groups in total. The van der Waals surface area contributed by atoms with E-state index >= 15 is 0 Å². The summed E-state index contributed by atoms with van der Waals surface area (Å²) >= 11 is 0. The average molecular weight is 883 g/mol. The van der Waals surface area contributed by atoms with Crippen molar-refractivity contribution in [3.8, 4) is 17.2 Å². The van der Waals surface area contributed by atoms with Gasteiger partial charge in [-0.05, 0) is 98.8 Å². The summed E-state index contributed by atoms with van der Waals surface area (Å²) < 4.78 is 10.7. The molecule has 0 fully saturated rings. The summed E-state index contributed by atoms with van der Waals surface area (Å²) in [5, 5.41) is 45.0. The van der Waals surface area contributed by atoms with Gasteiger partial charge in [0.05, 0.1) is 7.11 Å². The van der Waals surface area contributed by atoms with E-state index in [0.717, 1.165) is 38.4 Å². The molecule has 2 amide bonds. The number of carboxylic acids is 1. The summed E-state index contributed by atoms with van der Waals surface area (Å²) in [6, 6.07) is 56.0. The van der Waals surface area contributed by atoms with Gasteiger partial charge in [0.1, 0.15) is 29.3 Å². The normalized spacial score (nSPS) is 11.3. The summed E-state index contributed by atoms with van der Waals surface area (Å²) in [5.74, 6) is -0.723. The second kappa shape index (κ2) is 23.4. The first-order valence-electron chi connectivity index (χ1n) is 20.9. The quantitative estimate of drug-likeness (QED) is 0.0500. The van der Waals surface area contributed by atoms with Gasteiger partial charge < -0.3 is 40.4 Å². The van der Waals surface area contributed by atoms with Crippen molar-refractivity contribution in [2.75, 3.05) is 7.11 Å². The molecule has 0 saturated heterocycles. The number of hydrogen-bond acceptors (Lipinski definition) is 9. The monoisotopic (exact) mass is 882 g/mol. The predicted molar refractivity (Wildman–Crippen MR) is 255 cm³/mol. The number of fused-ring (bicyclic) bond motifs is 2. The fraction of sp³-hybridized carbons (Fsp3) is 0.0943. The van der Waals surface area contributed by atoms with E-state index < -0.39 is 37.0 Å². The number of amides is 2. The van der Waals surface area contributed by atoms with E-state index in [4.69, 9.17) is 19.5 Å². The van der Waals surface area contributed by atoms with E-state index in [1.54, 1.807) is 72.8 Å². The number of phenols is 1. The number of carbonyl (C=O) groups excluding carboxylic acids is 3. The van der Waals surface area contributed by atoms with Crippen LogP contribution >= 0.6 is 0 Å². The predicted octanol–water partition coefficient (Wildman–Crippen LogP) is 7.48. The van der Waals surface area contributed by atoms with Crippen molar-refractivity contribution in [3.05, 3.63) is 216 Å². The lowest BCUT2D eigenvalue weighted by molar-refractivity contribution is -0.143. The first kappa shape index (κ1) is 47.2. The largest absolute Gasteiger partial charge is 0.508 e. The minimum absolute atomic E-state index is 0.170. The molecule has 0 saturated carbocycles. The Morgan fingerprint density at radius 1 is 0.515 bits per heavy atom. The molecular formula is C53H47BN2O10. The second-order valence-corrected chi connectivity index (χ2v) is 15.0. The van der Waals surface area contributed by atoms with Crippen LogP contribution in [0.2, 0.25) is 0 Å². The van der Waals surface area contributed by atoms with Gasteiger partial charge in [0.2, 0.25) is 0 Å². The third kappa shape index (κ3) is 13.9. The topological polar surface area (TPSA) is 192 Å². The van der Waals surface area contributed by atoms with Crippen molar-refractivity contribution in [1.82, 2.24) is 10.6 Å². The van der Waals surface area contributed by atoms with Gasteiger partial charge in [-0.2, -0.15) is 0 Å². The lowest BCUT2D eigenvalue weighted by Crippen LogP contribution is -2.43. The Bertz CT molecular complexity index is 2870. The highest BCUT2D eigenvalue weighted by atomic mass is 16.5. The number of benzene rings is 8. The van der Waals surface area contributed by atoms with Crippen LogP contribution in [0.3, 0.4) is 0 Å². The molecule has 0 bridgehead atoms. The van der Waals surface area contributed by atoms with Crippen molar-refractivity contribution in [2.24, 2.45) is 0 Å². The number of phenolic OH excluding ortho intramolecular Hbond substituents is 1. The summed E-state index contributed by atoms with van der Waals surface area (Å²) in [7, 11) is -0.0409. The molecule has 0 aliphatic carbocycles. The Hall–Kier alpha value is -8.26. The van der Waals surface area contributed by atoms with Crippen molar-refractivity contribution in [1.29, 1.82) is 0 Å². The third-order valence-electron chi connectivity index (χ3n) is 10.2. The second-order valence-electron chi connectivity index (χ2n) is 15.0. The van der Waals surface area contributed by atoms with E-state index in [2.05, 4.69) is 10.6 Å². The standard InChI is InChI=1S/C26H21NO4.C21H19NO4.C6H7BO2/c28-25(27-24(26(29)30)15-18-7-3-1-4-8-18)21-12-11-20-17-23(14-13-19(20)16-21)31-22-9-5-2-6-10-22;1-26-21(25)19(11-14-5-3-2-4-6-14)22-20(24)17-8-7-16-13-18(23)10-9-15(16)12-17;8-7(9)6-4-2-1-3-5-6/h1-14,16-17,24H,15H2,(H,27,28)(H,29,30);2-10,12-13,19,23H,11H2,1H3,(H,22,24);1-5,8-9H. The maximum Gasteiger partial charge on any atom is 0.488 e. The summed E-state index contributed by atoms with van der Waals surface area (Å²) in [6.45, 7) is 0. The molecule has 8 aromatic carbocycles. The lowest BCUT2D eigenvalue weighted by atomic mass is 9.81. The fourth-order valence-electron chi connectivity index (χ4n) is 6.77. The molecule has 0 radical (unpaired) electrons. The van der Waals surface area contributed by atoms with E-state index in [0.29, 0.717) is 28.8 Å². The minimum Gasteiger partial charge on any atom is -0.508 e. The van der Waals surface area contributed by atoms with Crippen molar-refractivity contribution < 1.29 is 48.9 Å². The smallest absolute Gasteiger partial charge is 0.488 e. The molecule has 13 heteroatoms. The van der Waals surface area contributed by atoms with Crippen LogP contribution in [0.5, 0.6) is 17.2 Å². The fourth-order valence-corrected chi connectivity index (χ4v) is 6.77. The van der Waals surface area contributed by atoms with Gasteiger partial charge >= 0.3 is 19.1 Å². The van der Waals surface area contributed by atoms with Gasteiger partial charge in [-0.3, -0.25) is 9.59 Å². The Labute approximate surface area is 381 Å². The zero-order valence-corrected chi connectivity index (χ0v) is 35.9. The number of carbonyl (C=O) groups is 4. The highest BCUT2D eigenvalue weighted by Gasteiger charge is 2.23. The van der Waals surface area contributed by atoms with Gasteiger partial charge in [0.15, 0.2) is 0 Å². The molecule has 0 aliphatic rings. The first-order valence-corrected chi connectivity index (χ1v) is 20.9. The van der Waals surface area contributed by atoms with Crippen LogP contribution < -0.4 is 20.8 Å². The molecular weight excluding hydrogens is 835 g/mol. The van der Waals surface area contributed by atoms with Gasteiger partial charge in [0, 0.05) is 24.0 Å². The van der Waals surface area contributed by atoms with Crippen LogP contribution in [0.1, 0.15) is 31.8 Å². The number of rotatable bonds is 13. The number of aromatic hydroxyl groups is 1. The highest BCUT2D eigenvalue weighted by Crippen LogP contribution is 2.27. The van der Waals surface area contributed by atoms with Crippen LogP contribution in [-0.4, -0.2) is 70.3 Å². The molecule has 2 unspecified atom stereocenters. The average Bonchev–Trinajstić information content (AvgIpc) is 3.34. The van der Waals surface area contributed by atoms with Gasteiger partial charge in [-0.1, -0.05) is 133 Å². The number of carboxylic acid groups (broad SMARTS) is 1. The van der Waals surface area contributed by atoms with Gasteiger partial charge in [-0.15, -0.1) is 0 Å². The maximum atomic E-state index is 12.7. The zero-order valence-electron chi connectivity index (χ0n) is 35.9. The van der Waals surface area contributed by atoms with Crippen LogP contribution in [0, 0.1) is 0 Å². The molecule has 8 rings (SSSR count). The van der Waals surface area contributed by atoms with Crippen LogP contribution in [0.15, 0.2) is 194 Å². The van der Waals surface area contributed by atoms with Gasteiger partial charge in [-0.25, -0.2) is 9.59 Å².